The zero-order valence-electron chi connectivity index (χ0n) is 7.86. The lowest BCUT2D eigenvalue weighted by Gasteiger charge is -1.93. The Morgan fingerprint density at radius 3 is 2.77 bits per heavy atom. The Labute approximate surface area is 77.3 Å². The van der Waals surface area contributed by atoms with E-state index in [-0.39, 0.29) is 0 Å². The fraction of sp³-hybridized carbons (Fsp3) is 0.222. The van der Waals surface area contributed by atoms with Crippen LogP contribution in [0.5, 0.6) is 0 Å². The number of rotatable bonds is 3. The summed E-state index contributed by atoms with van der Waals surface area (Å²) in [6.45, 7) is 10.9. The van der Waals surface area contributed by atoms with E-state index in [9.17, 15) is 0 Å². The Balaban J connectivity index is 3.13. The lowest BCUT2D eigenvalue weighted by molar-refractivity contribution is 0.912. The van der Waals surface area contributed by atoms with Crippen LogP contribution >= 0.6 is 0 Å². The summed E-state index contributed by atoms with van der Waals surface area (Å²) >= 11 is 0. The highest BCUT2D eigenvalue weighted by molar-refractivity contribution is 5.93. The highest BCUT2D eigenvalue weighted by atomic mass is 15.4. The van der Waals surface area contributed by atoms with Gasteiger partial charge < -0.3 is 0 Å². The first-order valence-corrected chi connectivity index (χ1v) is 3.91. The molecule has 0 atom stereocenters. The van der Waals surface area contributed by atoms with Gasteiger partial charge in [0, 0.05) is 11.9 Å². The van der Waals surface area contributed by atoms with Gasteiger partial charge in [0.1, 0.15) is 5.82 Å². The summed E-state index contributed by atoms with van der Waals surface area (Å²) in [6.07, 6.45) is 3.23. The molecule has 0 fully saturated rings. The van der Waals surface area contributed by atoms with Gasteiger partial charge >= 0.3 is 0 Å². The zero-order valence-corrected chi connectivity index (χ0v) is 7.86. The predicted octanol–water partition coefficient (Wildman–Crippen LogP) is 1.97. The van der Waals surface area contributed by atoms with Gasteiger partial charge in [-0.25, -0.2) is 9.67 Å². The van der Waals surface area contributed by atoms with Gasteiger partial charge in [-0.2, -0.15) is 10.1 Å². The molecular formula is C9H12N4. The van der Waals surface area contributed by atoms with Crippen molar-refractivity contribution in [2.24, 2.45) is 4.99 Å². The van der Waals surface area contributed by atoms with Crippen LogP contribution in [0.3, 0.4) is 0 Å². The van der Waals surface area contributed by atoms with Crippen molar-refractivity contribution in [1.29, 1.82) is 0 Å². The maximum absolute atomic E-state index is 4.19. The van der Waals surface area contributed by atoms with Gasteiger partial charge in [-0.15, -0.1) is 0 Å². The Morgan fingerprint density at radius 1 is 1.54 bits per heavy atom. The second-order valence-corrected chi connectivity index (χ2v) is 2.54. The van der Waals surface area contributed by atoms with Gasteiger partial charge in [-0.3, -0.25) is 0 Å². The molecule has 4 heteroatoms. The maximum Gasteiger partial charge on any atom is 0.252 e. The van der Waals surface area contributed by atoms with E-state index in [0.29, 0.717) is 11.8 Å². The van der Waals surface area contributed by atoms with Crippen molar-refractivity contribution in [2.45, 2.75) is 13.8 Å². The summed E-state index contributed by atoms with van der Waals surface area (Å²) in [5.74, 6) is 1.21. The standard InChI is InChI=1S/C9H12N4/c1-5-7(3)10-9-11-8(4)12-13(9)6-2/h5-6H,1-2H2,3-4H3. The van der Waals surface area contributed by atoms with Crippen LogP contribution in [0.2, 0.25) is 0 Å². The predicted molar refractivity (Wildman–Crippen MR) is 54.1 cm³/mol. The average molecular weight is 176 g/mol. The molecule has 1 rings (SSSR count). The van der Waals surface area contributed by atoms with E-state index in [4.69, 9.17) is 0 Å². The number of aryl methyl sites for hydroxylation is 1. The minimum atomic E-state index is 0.532. The first-order valence-electron chi connectivity index (χ1n) is 3.91. The minimum Gasteiger partial charge on any atom is -0.216 e. The van der Waals surface area contributed by atoms with Gasteiger partial charge in [0.25, 0.3) is 5.95 Å². The molecule has 0 N–H and O–H groups in total. The van der Waals surface area contributed by atoms with Crippen LogP contribution in [-0.4, -0.2) is 20.5 Å². The Bertz CT molecular complexity index is 360. The topological polar surface area (TPSA) is 43.1 Å². The second kappa shape index (κ2) is 3.80. The first-order chi connectivity index (χ1) is 6.17. The van der Waals surface area contributed by atoms with Gasteiger partial charge in [0.05, 0.1) is 0 Å². The molecule has 13 heavy (non-hydrogen) atoms. The van der Waals surface area contributed by atoms with E-state index in [1.54, 1.807) is 12.3 Å². The molecule has 0 amide bonds. The molecule has 0 aliphatic rings. The molecule has 1 aromatic rings. The highest BCUT2D eigenvalue weighted by Gasteiger charge is 2.01. The molecule has 0 saturated heterocycles. The lowest BCUT2D eigenvalue weighted by Crippen LogP contribution is -1.89. The van der Waals surface area contributed by atoms with Crippen molar-refractivity contribution in [1.82, 2.24) is 14.8 Å². The summed E-state index contributed by atoms with van der Waals surface area (Å²) < 4.78 is 1.53. The molecule has 0 bridgehead atoms. The molecule has 0 radical (unpaired) electrons. The molecule has 0 saturated carbocycles. The largest absolute Gasteiger partial charge is 0.252 e. The summed E-state index contributed by atoms with van der Waals surface area (Å²) in [4.78, 5) is 8.30. The van der Waals surface area contributed by atoms with Crippen LogP contribution in [0, 0.1) is 6.92 Å². The van der Waals surface area contributed by atoms with E-state index in [2.05, 4.69) is 28.2 Å². The van der Waals surface area contributed by atoms with Crippen LogP contribution in [0.15, 0.2) is 24.2 Å². The monoisotopic (exact) mass is 176 g/mol. The summed E-state index contributed by atoms with van der Waals surface area (Å²) in [7, 11) is 0. The molecule has 0 aromatic carbocycles. The van der Waals surface area contributed by atoms with Crippen LogP contribution < -0.4 is 0 Å². The van der Waals surface area contributed by atoms with Crippen LogP contribution in [0.1, 0.15) is 12.7 Å². The molecule has 0 unspecified atom stereocenters. The van der Waals surface area contributed by atoms with Crippen molar-refractivity contribution < 1.29 is 0 Å². The minimum absolute atomic E-state index is 0.532. The average Bonchev–Trinajstić information content (AvgIpc) is 2.46. The normalized spacial score (nSPS) is 11.4. The molecule has 0 aliphatic heterocycles. The van der Waals surface area contributed by atoms with E-state index < -0.39 is 0 Å². The van der Waals surface area contributed by atoms with Crippen LogP contribution in [0.25, 0.3) is 6.20 Å². The van der Waals surface area contributed by atoms with Gasteiger partial charge in [0.2, 0.25) is 0 Å². The fourth-order valence-corrected chi connectivity index (χ4v) is 0.821. The molecule has 4 nitrogen and oxygen atoms in total. The number of aliphatic imine (C=N–C) groups is 1. The molecule has 0 aliphatic carbocycles. The molecule has 68 valence electrons. The molecule has 0 spiro atoms. The van der Waals surface area contributed by atoms with Gasteiger partial charge in [-0.05, 0) is 19.9 Å². The first kappa shape index (κ1) is 9.38. The van der Waals surface area contributed by atoms with Crippen molar-refractivity contribution in [3.63, 3.8) is 0 Å². The number of hydrogen-bond acceptors (Lipinski definition) is 3. The molecule has 1 heterocycles. The van der Waals surface area contributed by atoms with Crippen LogP contribution in [-0.2, 0) is 0 Å². The number of allylic oxidation sites excluding steroid dienone is 1. The number of nitrogens with zero attached hydrogens (tertiary/aromatic N) is 4. The Kier molecular flexibility index (Phi) is 2.74. The van der Waals surface area contributed by atoms with E-state index in [0.717, 1.165) is 5.71 Å². The van der Waals surface area contributed by atoms with Crippen LogP contribution in [0.4, 0.5) is 5.95 Å². The zero-order chi connectivity index (χ0) is 9.84. The SMILES string of the molecule is C=CC(C)=Nc1nc(C)nn1C=C. The highest BCUT2D eigenvalue weighted by Crippen LogP contribution is 2.09. The van der Waals surface area contributed by atoms with Gasteiger partial charge in [0.15, 0.2) is 0 Å². The number of aromatic nitrogens is 3. The fourth-order valence-electron chi connectivity index (χ4n) is 0.821. The summed E-state index contributed by atoms with van der Waals surface area (Å²) in [5, 5.41) is 4.06. The van der Waals surface area contributed by atoms with E-state index in [1.807, 2.05) is 13.8 Å². The third kappa shape index (κ3) is 2.11. The van der Waals surface area contributed by atoms with E-state index >= 15 is 0 Å². The Hall–Kier alpha value is -1.71. The van der Waals surface area contributed by atoms with Crippen molar-refractivity contribution in [3.05, 3.63) is 25.1 Å². The summed E-state index contributed by atoms with van der Waals surface area (Å²) in [5.41, 5.74) is 0.801. The number of hydrogen-bond donors (Lipinski definition) is 0. The quantitative estimate of drug-likeness (QED) is 0.661. The third-order valence-corrected chi connectivity index (χ3v) is 1.46. The van der Waals surface area contributed by atoms with Gasteiger partial charge in [-0.1, -0.05) is 13.2 Å². The third-order valence-electron chi connectivity index (χ3n) is 1.46. The molecule has 1 aromatic heterocycles. The van der Waals surface area contributed by atoms with Crippen molar-refractivity contribution in [2.75, 3.05) is 0 Å². The second-order valence-electron chi connectivity index (χ2n) is 2.54. The van der Waals surface area contributed by atoms with Crippen molar-refractivity contribution >= 4 is 17.9 Å². The Morgan fingerprint density at radius 2 is 2.23 bits per heavy atom. The smallest absolute Gasteiger partial charge is 0.216 e. The van der Waals surface area contributed by atoms with Crippen molar-refractivity contribution in [3.8, 4) is 0 Å². The maximum atomic E-state index is 4.19. The molecular weight excluding hydrogens is 164 g/mol. The van der Waals surface area contributed by atoms with E-state index in [1.165, 1.54) is 4.68 Å². The lowest BCUT2D eigenvalue weighted by atomic mass is 10.4. The summed E-state index contributed by atoms with van der Waals surface area (Å²) in [6, 6.07) is 0.